The molecule has 0 radical (unpaired) electrons. The molecule has 4 nitrogen and oxygen atoms in total. The highest BCUT2D eigenvalue weighted by molar-refractivity contribution is 6.12. The van der Waals surface area contributed by atoms with Gasteiger partial charge in [-0.3, -0.25) is 19.2 Å². The van der Waals surface area contributed by atoms with Crippen LogP contribution in [0.2, 0.25) is 0 Å². The fourth-order valence-corrected chi connectivity index (χ4v) is 4.10. The number of hydrogen-bond donors (Lipinski definition) is 0. The van der Waals surface area contributed by atoms with E-state index in [2.05, 4.69) is 0 Å². The maximum Gasteiger partial charge on any atom is 0.234 e. The molecule has 0 fully saturated rings. The van der Waals surface area contributed by atoms with E-state index < -0.39 is 27.1 Å². The molecule has 2 aliphatic carbocycles. The van der Waals surface area contributed by atoms with Gasteiger partial charge in [0.05, 0.1) is 0 Å². The van der Waals surface area contributed by atoms with Crippen LogP contribution in [0.15, 0.2) is 43.4 Å². The third kappa shape index (κ3) is 2.30. The van der Waals surface area contributed by atoms with Gasteiger partial charge < -0.3 is 0 Å². The van der Waals surface area contributed by atoms with Crippen LogP contribution in [0.4, 0.5) is 0 Å². The Morgan fingerprint density at radius 3 is 1.57 bits per heavy atom. The van der Waals surface area contributed by atoms with Gasteiger partial charge in [0.25, 0.3) is 0 Å². The molecule has 4 heteroatoms. The molecule has 2 aromatic carbocycles. The van der Waals surface area contributed by atoms with E-state index in [4.69, 9.17) is 0 Å². The van der Waals surface area contributed by atoms with Gasteiger partial charge in [-0.05, 0) is 40.2 Å². The third-order valence-electron chi connectivity index (χ3n) is 5.64. The molecule has 2 aromatic rings. The molecule has 0 unspecified atom stereocenters. The van der Waals surface area contributed by atoms with Crippen LogP contribution in [-0.4, -0.2) is 0 Å². The minimum Gasteiger partial charge on any atom is -0.285 e. The van der Waals surface area contributed by atoms with Crippen LogP contribution < -0.4 is 21.7 Å². The Morgan fingerprint density at radius 1 is 0.571 bits per heavy atom. The molecular formula is C24H22O4. The van der Waals surface area contributed by atoms with Crippen LogP contribution >= 0.6 is 0 Å². The predicted molar refractivity (Wildman–Crippen MR) is 114 cm³/mol. The summed E-state index contributed by atoms with van der Waals surface area (Å²) in [6.45, 7) is 11.8. The van der Waals surface area contributed by atoms with Crippen LogP contribution in [-0.2, 0) is 10.8 Å². The SMILES string of the molecule is CC(C)(C)c1cc2c3c(c1)c(=O)c(=O)c1c(C(C)(C)C)ccc(c1-3)c(=O)c2=O. The van der Waals surface area contributed by atoms with Crippen molar-refractivity contribution in [2.45, 2.75) is 52.4 Å². The van der Waals surface area contributed by atoms with Gasteiger partial charge >= 0.3 is 0 Å². The largest absolute Gasteiger partial charge is 0.285 e. The zero-order valence-corrected chi connectivity index (χ0v) is 16.9. The highest BCUT2D eigenvalue weighted by Crippen LogP contribution is 2.40. The second-order valence-electron chi connectivity index (χ2n) is 9.67. The van der Waals surface area contributed by atoms with Crippen LogP contribution in [0, 0.1) is 0 Å². The second kappa shape index (κ2) is 5.34. The summed E-state index contributed by atoms with van der Waals surface area (Å²) >= 11 is 0. The fraction of sp³-hybridized carbons (Fsp3) is 0.333. The highest BCUT2D eigenvalue weighted by atomic mass is 16.2. The first-order valence-electron chi connectivity index (χ1n) is 9.38. The smallest absolute Gasteiger partial charge is 0.234 e. The van der Waals surface area contributed by atoms with Gasteiger partial charge in [0.2, 0.25) is 21.7 Å². The molecule has 0 N–H and O–H groups in total. The summed E-state index contributed by atoms with van der Waals surface area (Å²) < 4.78 is 0. The lowest BCUT2D eigenvalue weighted by molar-refractivity contribution is 0.591. The van der Waals surface area contributed by atoms with Crippen molar-refractivity contribution >= 4 is 21.5 Å². The van der Waals surface area contributed by atoms with Crippen molar-refractivity contribution in [3.05, 3.63) is 76.3 Å². The van der Waals surface area contributed by atoms with E-state index in [1.54, 1.807) is 24.3 Å². The van der Waals surface area contributed by atoms with Gasteiger partial charge in [-0.25, -0.2) is 0 Å². The van der Waals surface area contributed by atoms with E-state index in [9.17, 15) is 19.2 Å². The molecule has 0 saturated carbocycles. The Bertz CT molecular complexity index is 1440. The van der Waals surface area contributed by atoms with E-state index >= 15 is 0 Å². The summed E-state index contributed by atoms with van der Waals surface area (Å²) in [6.07, 6.45) is 0. The number of hydrogen-bond acceptors (Lipinski definition) is 4. The molecule has 0 saturated heterocycles. The van der Waals surface area contributed by atoms with E-state index in [0.29, 0.717) is 16.7 Å². The topological polar surface area (TPSA) is 68.3 Å². The molecule has 0 amide bonds. The van der Waals surface area contributed by atoms with Crippen molar-refractivity contribution in [3.8, 4) is 11.1 Å². The highest BCUT2D eigenvalue weighted by Gasteiger charge is 2.30. The monoisotopic (exact) mass is 374 g/mol. The standard InChI is InChI=1S/C24H22O4/c1-23(2,3)11-9-13-16-14(10-11)21(27)22(28)18-15(24(4,5)6)8-7-12(17(16)18)19(25)20(13)26/h7-10H,1-6H3. The van der Waals surface area contributed by atoms with Crippen LogP contribution in [0.5, 0.6) is 0 Å². The first-order chi connectivity index (χ1) is 12.8. The minimum absolute atomic E-state index is 0.214. The molecule has 0 atom stereocenters. The number of rotatable bonds is 0. The normalized spacial score (nSPS) is 13.2. The van der Waals surface area contributed by atoms with Crippen molar-refractivity contribution in [2.75, 3.05) is 0 Å². The molecule has 2 aliphatic rings. The van der Waals surface area contributed by atoms with Gasteiger partial charge in [-0.2, -0.15) is 0 Å². The van der Waals surface area contributed by atoms with E-state index in [-0.39, 0.29) is 27.0 Å². The Labute approximate surface area is 161 Å². The molecule has 28 heavy (non-hydrogen) atoms. The molecule has 0 aliphatic heterocycles. The van der Waals surface area contributed by atoms with Gasteiger partial charge in [0.15, 0.2) is 0 Å². The quantitative estimate of drug-likeness (QED) is 0.349. The minimum atomic E-state index is -0.622. The average Bonchev–Trinajstić information content (AvgIpc) is 2.60. The molecule has 0 spiro atoms. The summed E-state index contributed by atoms with van der Waals surface area (Å²) in [6, 6.07) is 6.73. The predicted octanol–water partition coefficient (Wildman–Crippen LogP) is 3.45. The van der Waals surface area contributed by atoms with Crippen molar-refractivity contribution in [2.24, 2.45) is 0 Å². The maximum atomic E-state index is 13.1. The molecule has 142 valence electrons. The van der Waals surface area contributed by atoms with E-state index in [1.165, 1.54) is 0 Å². The van der Waals surface area contributed by atoms with Gasteiger partial charge in [-0.1, -0.05) is 47.6 Å². The molecule has 0 bridgehead atoms. The number of benzene rings is 4. The average molecular weight is 374 g/mol. The second-order valence-corrected chi connectivity index (χ2v) is 9.67. The van der Waals surface area contributed by atoms with Crippen molar-refractivity contribution in [1.82, 2.24) is 0 Å². The van der Waals surface area contributed by atoms with Gasteiger partial charge in [0.1, 0.15) is 0 Å². The summed E-state index contributed by atoms with van der Waals surface area (Å²) in [4.78, 5) is 51.9. The zero-order valence-electron chi connectivity index (χ0n) is 16.9. The van der Waals surface area contributed by atoms with E-state index in [1.807, 2.05) is 41.5 Å². The molecule has 4 rings (SSSR count). The lowest BCUT2D eigenvalue weighted by Gasteiger charge is -2.25. The Morgan fingerprint density at radius 2 is 1.07 bits per heavy atom. The lowest BCUT2D eigenvalue weighted by atomic mass is 9.76. The maximum absolute atomic E-state index is 13.1. The van der Waals surface area contributed by atoms with Crippen molar-refractivity contribution in [3.63, 3.8) is 0 Å². The first kappa shape index (κ1) is 18.5. The van der Waals surface area contributed by atoms with Crippen molar-refractivity contribution < 1.29 is 0 Å². The Kier molecular flexibility index (Phi) is 3.53. The van der Waals surface area contributed by atoms with E-state index in [0.717, 1.165) is 5.56 Å². The lowest BCUT2D eigenvalue weighted by Crippen LogP contribution is -2.33. The third-order valence-corrected chi connectivity index (χ3v) is 5.64. The summed E-state index contributed by atoms with van der Waals surface area (Å²) in [5.74, 6) is 0. The summed E-state index contributed by atoms with van der Waals surface area (Å²) in [5.41, 5.74) is -0.834. The molecular weight excluding hydrogens is 352 g/mol. The molecule has 0 aromatic heterocycles. The van der Waals surface area contributed by atoms with Gasteiger partial charge in [0, 0.05) is 32.7 Å². The van der Waals surface area contributed by atoms with Crippen LogP contribution in [0.25, 0.3) is 32.7 Å². The van der Waals surface area contributed by atoms with Crippen molar-refractivity contribution in [1.29, 1.82) is 0 Å². The Hall–Kier alpha value is -2.88. The van der Waals surface area contributed by atoms with Gasteiger partial charge in [-0.15, -0.1) is 0 Å². The van der Waals surface area contributed by atoms with Crippen LogP contribution in [0.1, 0.15) is 52.7 Å². The zero-order chi connectivity index (χ0) is 20.8. The summed E-state index contributed by atoms with van der Waals surface area (Å²) in [7, 11) is 0. The fourth-order valence-electron chi connectivity index (χ4n) is 4.10. The summed E-state index contributed by atoms with van der Waals surface area (Å²) in [5, 5.41) is 0.945. The first-order valence-corrected chi connectivity index (χ1v) is 9.38. The Balaban J connectivity index is 2.45. The molecule has 0 heterocycles. The van der Waals surface area contributed by atoms with Crippen LogP contribution in [0.3, 0.4) is 0 Å².